The lowest BCUT2D eigenvalue weighted by atomic mass is 10.5. The quantitative estimate of drug-likeness (QED) is 0.675. The van der Waals surface area contributed by atoms with Crippen LogP contribution in [0.2, 0.25) is 0 Å². The van der Waals surface area contributed by atoms with Gasteiger partial charge in [0.15, 0.2) is 0 Å². The monoisotopic (exact) mass is 199 g/mol. The van der Waals surface area contributed by atoms with Crippen LogP contribution in [0.25, 0.3) is 0 Å². The van der Waals surface area contributed by atoms with Crippen LogP contribution >= 0.6 is 11.3 Å². The molecule has 0 atom stereocenters. The molecule has 0 aliphatic heterocycles. The highest BCUT2D eigenvalue weighted by Crippen LogP contribution is 2.09. The van der Waals surface area contributed by atoms with E-state index in [0.717, 1.165) is 26.2 Å². The summed E-state index contributed by atoms with van der Waals surface area (Å²) < 4.78 is 0. The third-order valence-electron chi connectivity index (χ3n) is 1.67. The van der Waals surface area contributed by atoms with E-state index in [1.165, 1.54) is 9.88 Å². The summed E-state index contributed by atoms with van der Waals surface area (Å²) in [6.07, 6.45) is 1.92. The number of hydrogen-bond donors (Lipinski definition) is 2. The maximum Gasteiger partial charge on any atom is 0.107 e. The van der Waals surface area contributed by atoms with E-state index in [9.17, 15) is 0 Å². The maximum absolute atomic E-state index is 4.27. The second-order valence-electron chi connectivity index (χ2n) is 2.89. The molecule has 1 rings (SSSR count). The summed E-state index contributed by atoms with van der Waals surface area (Å²) >= 11 is 1.76. The lowest BCUT2D eigenvalue weighted by Gasteiger charge is -2.02. The third-order valence-corrected chi connectivity index (χ3v) is 2.59. The minimum Gasteiger partial charge on any atom is -0.316 e. The fraction of sp³-hybridized carbons (Fsp3) is 0.667. The van der Waals surface area contributed by atoms with Gasteiger partial charge in [0.2, 0.25) is 0 Å². The van der Waals surface area contributed by atoms with Gasteiger partial charge in [0, 0.05) is 30.7 Å². The number of aromatic nitrogens is 1. The van der Waals surface area contributed by atoms with Crippen LogP contribution in [-0.2, 0) is 6.54 Å². The highest BCUT2D eigenvalue weighted by molar-refractivity contribution is 7.11. The van der Waals surface area contributed by atoms with Crippen molar-refractivity contribution in [2.24, 2.45) is 0 Å². The Hall–Kier alpha value is -0.450. The van der Waals surface area contributed by atoms with Crippen molar-refractivity contribution in [3.63, 3.8) is 0 Å². The van der Waals surface area contributed by atoms with Gasteiger partial charge in [-0.2, -0.15) is 0 Å². The summed E-state index contributed by atoms with van der Waals surface area (Å²) in [5, 5.41) is 7.77. The van der Waals surface area contributed by atoms with Crippen molar-refractivity contribution in [1.82, 2.24) is 15.6 Å². The first-order valence-electron chi connectivity index (χ1n) is 4.65. The molecule has 0 fully saturated rings. The van der Waals surface area contributed by atoms with E-state index in [4.69, 9.17) is 0 Å². The van der Waals surface area contributed by atoms with Crippen LogP contribution in [0.5, 0.6) is 0 Å². The highest BCUT2D eigenvalue weighted by Gasteiger charge is 1.96. The van der Waals surface area contributed by atoms with Crippen molar-refractivity contribution < 1.29 is 0 Å². The summed E-state index contributed by atoms with van der Waals surface area (Å²) in [5.74, 6) is 0. The molecule has 1 heterocycles. The summed E-state index contributed by atoms with van der Waals surface area (Å²) in [5.41, 5.74) is 0. The number of thiazole rings is 1. The van der Waals surface area contributed by atoms with Gasteiger partial charge in [-0.1, -0.05) is 6.92 Å². The smallest absolute Gasteiger partial charge is 0.107 e. The molecule has 0 unspecified atom stereocenters. The zero-order valence-electron chi connectivity index (χ0n) is 8.26. The zero-order chi connectivity index (χ0) is 9.52. The van der Waals surface area contributed by atoms with Crippen LogP contribution in [0, 0.1) is 6.92 Å². The molecule has 74 valence electrons. The van der Waals surface area contributed by atoms with Crippen LogP contribution in [0.1, 0.15) is 16.8 Å². The van der Waals surface area contributed by atoms with Gasteiger partial charge in [0.1, 0.15) is 5.01 Å². The summed E-state index contributed by atoms with van der Waals surface area (Å²) in [7, 11) is 0. The zero-order valence-corrected chi connectivity index (χ0v) is 9.08. The van der Waals surface area contributed by atoms with Crippen molar-refractivity contribution in [2.75, 3.05) is 19.6 Å². The highest BCUT2D eigenvalue weighted by atomic mass is 32.1. The van der Waals surface area contributed by atoms with Crippen molar-refractivity contribution in [1.29, 1.82) is 0 Å². The van der Waals surface area contributed by atoms with Crippen LogP contribution in [0.4, 0.5) is 0 Å². The maximum atomic E-state index is 4.27. The van der Waals surface area contributed by atoms with Crippen molar-refractivity contribution in [3.05, 3.63) is 16.1 Å². The first-order valence-corrected chi connectivity index (χ1v) is 5.47. The SMILES string of the molecule is CCNCCNCc1ncc(C)s1. The number of aryl methyl sites for hydroxylation is 1. The summed E-state index contributed by atoms with van der Waals surface area (Å²) in [6, 6.07) is 0. The van der Waals surface area contributed by atoms with E-state index in [1.807, 2.05) is 6.20 Å². The van der Waals surface area contributed by atoms with Crippen molar-refractivity contribution >= 4 is 11.3 Å². The van der Waals surface area contributed by atoms with Gasteiger partial charge in [0.25, 0.3) is 0 Å². The van der Waals surface area contributed by atoms with Crippen molar-refractivity contribution in [2.45, 2.75) is 20.4 Å². The predicted molar refractivity (Wildman–Crippen MR) is 57.1 cm³/mol. The summed E-state index contributed by atoms with van der Waals surface area (Å²) in [6.45, 7) is 8.17. The summed E-state index contributed by atoms with van der Waals surface area (Å²) in [4.78, 5) is 5.55. The van der Waals surface area contributed by atoms with Gasteiger partial charge in [-0.05, 0) is 13.5 Å². The number of likely N-dealkylation sites (N-methyl/N-ethyl adjacent to an activating group) is 1. The predicted octanol–water partition coefficient (Wildman–Crippen LogP) is 1.15. The molecule has 0 aliphatic rings. The number of rotatable bonds is 6. The minimum absolute atomic E-state index is 0.893. The Morgan fingerprint density at radius 3 is 2.77 bits per heavy atom. The molecular weight excluding hydrogens is 182 g/mol. The molecule has 1 aromatic rings. The minimum atomic E-state index is 0.893. The number of nitrogens with one attached hydrogen (secondary N) is 2. The Morgan fingerprint density at radius 2 is 2.15 bits per heavy atom. The average Bonchev–Trinajstić information content (AvgIpc) is 2.51. The number of nitrogens with zero attached hydrogens (tertiary/aromatic N) is 1. The lowest BCUT2D eigenvalue weighted by molar-refractivity contribution is 0.623. The Bertz CT molecular complexity index is 235. The van der Waals surface area contributed by atoms with E-state index in [0.29, 0.717) is 0 Å². The van der Waals surface area contributed by atoms with Crippen LogP contribution in [0.3, 0.4) is 0 Å². The molecule has 0 radical (unpaired) electrons. The standard InChI is InChI=1S/C9H17N3S/c1-3-10-4-5-11-7-9-12-6-8(2)13-9/h6,10-11H,3-5,7H2,1-2H3. The van der Waals surface area contributed by atoms with Crippen LogP contribution in [0.15, 0.2) is 6.20 Å². The molecular formula is C9H17N3S. The second kappa shape index (κ2) is 6.07. The van der Waals surface area contributed by atoms with Gasteiger partial charge in [-0.3, -0.25) is 0 Å². The van der Waals surface area contributed by atoms with E-state index >= 15 is 0 Å². The molecule has 1 aromatic heterocycles. The Balaban J connectivity index is 2.06. The Morgan fingerprint density at radius 1 is 1.38 bits per heavy atom. The first kappa shape index (κ1) is 10.6. The third kappa shape index (κ3) is 4.36. The van der Waals surface area contributed by atoms with Gasteiger partial charge in [0.05, 0.1) is 0 Å². The molecule has 2 N–H and O–H groups in total. The fourth-order valence-electron chi connectivity index (χ4n) is 1.03. The van der Waals surface area contributed by atoms with Crippen molar-refractivity contribution in [3.8, 4) is 0 Å². The molecule has 0 bridgehead atoms. The second-order valence-corrected chi connectivity index (χ2v) is 4.21. The van der Waals surface area contributed by atoms with Crippen LogP contribution in [-0.4, -0.2) is 24.6 Å². The van der Waals surface area contributed by atoms with E-state index in [1.54, 1.807) is 11.3 Å². The molecule has 0 amide bonds. The molecule has 4 heteroatoms. The normalized spacial score (nSPS) is 10.6. The average molecular weight is 199 g/mol. The van der Waals surface area contributed by atoms with Gasteiger partial charge >= 0.3 is 0 Å². The Labute approximate surface area is 83.6 Å². The largest absolute Gasteiger partial charge is 0.316 e. The molecule has 0 saturated heterocycles. The van der Waals surface area contributed by atoms with Gasteiger partial charge < -0.3 is 10.6 Å². The molecule has 13 heavy (non-hydrogen) atoms. The van der Waals surface area contributed by atoms with E-state index in [-0.39, 0.29) is 0 Å². The van der Waals surface area contributed by atoms with E-state index < -0.39 is 0 Å². The van der Waals surface area contributed by atoms with Crippen LogP contribution < -0.4 is 10.6 Å². The topological polar surface area (TPSA) is 37.0 Å². The fourth-order valence-corrected chi connectivity index (χ4v) is 1.79. The first-order chi connectivity index (χ1) is 6.33. The Kier molecular flexibility index (Phi) is 4.97. The molecule has 3 nitrogen and oxygen atoms in total. The molecule has 0 saturated carbocycles. The number of hydrogen-bond acceptors (Lipinski definition) is 4. The molecule has 0 aliphatic carbocycles. The van der Waals surface area contributed by atoms with Gasteiger partial charge in [-0.25, -0.2) is 4.98 Å². The van der Waals surface area contributed by atoms with Gasteiger partial charge in [-0.15, -0.1) is 11.3 Å². The van der Waals surface area contributed by atoms with E-state index in [2.05, 4.69) is 29.5 Å². The molecule has 0 aromatic carbocycles. The lowest BCUT2D eigenvalue weighted by Crippen LogP contribution is -2.26. The molecule has 0 spiro atoms.